The number of amides is 1. The molecule has 1 unspecified atom stereocenters. The topological polar surface area (TPSA) is 110 Å². The Bertz CT molecular complexity index is 402. The summed E-state index contributed by atoms with van der Waals surface area (Å²) in [6.45, 7) is 0.292. The second-order valence-corrected chi connectivity index (χ2v) is 3.74. The molecule has 1 atom stereocenters. The molecular formula is C10H16N4O3. The molecule has 0 aromatic carbocycles. The number of nitrogens with zero attached hydrogens (tertiary/aromatic N) is 2. The molecule has 1 aromatic heterocycles. The van der Waals surface area contributed by atoms with E-state index in [-0.39, 0.29) is 18.7 Å². The summed E-state index contributed by atoms with van der Waals surface area (Å²) < 4.78 is 1.63. The Hall–Kier alpha value is -1.89. The van der Waals surface area contributed by atoms with Gasteiger partial charge in [0.2, 0.25) is 5.91 Å². The minimum Gasteiger partial charge on any atom is -0.481 e. The molecule has 0 aliphatic rings. The van der Waals surface area contributed by atoms with Crippen LogP contribution in [0.15, 0.2) is 12.3 Å². The van der Waals surface area contributed by atoms with E-state index in [0.29, 0.717) is 6.54 Å². The Balaban J connectivity index is 2.31. The van der Waals surface area contributed by atoms with Crippen LogP contribution in [-0.2, 0) is 23.2 Å². The molecule has 4 N–H and O–H groups in total. The average Bonchev–Trinajstić information content (AvgIpc) is 2.68. The van der Waals surface area contributed by atoms with Gasteiger partial charge in [0.25, 0.3) is 0 Å². The van der Waals surface area contributed by atoms with E-state index in [9.17, 15) is 9.59 Å². The zero-order chi connectivity index (χ0) is 12.8. The van der Waals surface area contributed by atoms with Gasteiger partial charge in [-0.1, -0.05) is 0 Å². The van der Waals surface area contributed by atoms with Gasteiger partial charge >= 0.3 is 5.97 Å². The molecule has 1 amide bonds. The van der Waals surface area contributed by atoms with Gasteiger partial charge in [0.15, 0.2) is 0 Å². The number of carboxylic acid groups (broad SMARTS) is 1. The van der Waals surface area contributed by atoms with Crippen LogP contribution in [0.5, 0.6) is 0 Å². The minimum absolute atomic E-state index is 0.113. The Morgan fingerprint density at radius 1 is 1.65 bits per heavy atom. The molecule has 94 valence electrons. The summed E-state index contributed by atoms with van der Waals surface area (Å²) in [5.74, 6) is -1.32. The van der Waals surface area contributed by atoms with Gasteiger partial charge in [-0.05, 0) is 12.5 Å². The number of hydrogen-bond donors (Lipinski definition) is 3. The van der Waals surface area contributed by atoms with Crippen molar-refractivity contribution in [3.8, 4) is 0 Å². The maximum atomic E-state index is 11.5. The summed E-state index contributed by atoms with van der Waals surface area (Å²) in [5.41, 5.74) is 6.26. The fourth-order valence-electron chi connectivity index (χ4n) is 1.28. The molecule has 0 bridgehead atoms. The van der Waals surface area contributed by atoms with Crippen molar-refractivity contribution in [2.24, 2.45) is 12.8 Å². The second kappa shape index (κ2) is 6.00. The molecule has 0 radical (unpaired) electrons. The number of aromatic nitrogens is 2. The predicted octanol–water partition coefficient (Wildman–Crippen LogP) is -0.772. The van der Waals surface area contributed by atoms with Gasteiger partial charge in [-0.15, -0.1) is 0 Å². The first kappa shape index (κ1) is 13.2. The van der Waals surface area contributed by atoms with E-state index in [1.54, 1.807) is 24.0 Å². The molecule has 1 aromatic rings. The van der Waals surface area contributed by atoms with E-state index in [4.69, 9.17) is 10.8 Å². The van der Waals surface area contributed by atoms with Gasteiger partial charge in [0, 0.05) is 19.7 Å². The molecular weight excluding hydrogens is 224 g/mol. The highest BCUT2D eigenvalue weighted by Gasteiger charge is 2.14. The zero-order valence-electron chi connectivity index (χ0n) is 9.59. The van der Waals surface area contributed by atoms with Crippen molar-refractivity contribution in [3.05, 3.63) is 18.0 Å². The van der Waals surface area contributed by atoms with Gasteiger partial charge in [-0.3, -0.25) is 14.3 Å². The number of carbonyl (C=O) groups is 2. The van der Waals surface area contributed by atoms with Gasteiger partial charge in [0.1, 0.15) is 0 Å². The van der Waals surface area contributed by atoms with Crippen molar-refractivity contribution in [3.63, 3.8) is 0 Å². The third-order valence-electron chi connectivity index (χ3n) is 2.22. The van der Waals surface area contributed by atoms with E-state index in [1.807, 2.05) is 0 Å². The first-order chi connectivity index (χ1) is 7.99. The number of rotatable bonds is 6. The molecule has 0 aliphatic carbocycles. The Labute approximate surface area is 98.6 Å². The molecule has 17 heavy (non-hydrogen) atoms. The lowest BCUT2D eigenvalue weighted by atomic mass is 10.1. The number of nitrogens with one attached hydrogen (secondary N) is 1. The quantitative estimate of drug-likeness (QED) is 0.604. The molecule has 0 spiro atoms. The number of nitrogens with two attached hydrogens (primary N) is 1. The number of carboxylic acids is 1. The lowest BCUT2D eigenvalue weighted by Gasteiger charge is -2.09. The van der Waals surface area contributed by atoms with Gasteiger partial charge in [-0.25, -0.2) is 0 Å². The monoisotopic (exact) mass is 240 g/mol. The third-order valence-corrected chi connectivity index (χ3v) is 2.22. The van der Waals surface area contributed by atoms with Gasteiger partial charge < -0.3 is 16.2 Å². The summed E-state index contributed by atoms with van der Waals surface area (Å²) >= 11 is 0. The van der Waals surface area contributed by atoms with Gasteiger partial charge in [0.05, 0.1) is 18.3 Å². The maximum Gasteiger partial charge on any atom is 0.303 e. The van der Waals surface area contributed by atoms with Crippen LogP contribution in [0, 0.1) is 0 Å². The average molecular weight is 240 g/mol. The summed E-state index contributed by atoms with van der Waals surface area (Å²) in [4.78, 5) is 21.8. The number of aliphatic carboxylic acids is 1. The third kappa shape index (κ3) is 4.64. The summed E-state index contributed by atoms with van der Waals surface area (Å²) in [6.07, 6.45) is 1.79. The lowest BCUT2D eigenvalue weighted by Crippen LogP contribution is -2.40. The van der Waals surface area contributed by atoms with E-state index < -0.39 is 12.0 Å². The lowest BCUT2D eigenvalue weighted by molar-refractivity contribution is -0.137. The first-order valence-corrected chi connectivity index (χ1v) is 5.22. The fraction of sp³-hybridized carbons (Fsp3) is 0.500. The van der Waals surface area contributed by atoms with Crippen LogP contribution in [0.2, 0.25) is 0 Å². The standard InChI is InChI=1S/C10H16N4O3/c1-14-5-4-7(13-14)6-12-10(17)8(11)2-3-9(15)16/h4-5,8H,2-3,6,11H2,1H3,(H,12,17)(H,15,16). The zero-order valence-corrected chi connectivity index (χ0v) is 9.59. The SMILES string of the molecule is Cn1ccc(CNC(=O)C(N)CCC(=O)O)n1. The van der Waals surface area contributed by atoms with Crippen LogP contribution in [-0.4, -0.2) is 32.8 Å². The Morgan fingerprint density at radius 3 is 2.88 bits per heavy atom. The minimum atomic E-state index is -0.960. The van der Waals surface area contributed by atoms with Crippen molar-refractivity contribution >= 4 is 11.9 Å². The van der Waals surface area contributed by atoms with Crippen LogP contribution in [0.25, 0.3) is 0 Å². The smallest absolute Gasteiger partial charge is 0.303 e. The molecule has 1 heterocycles. The van der Waals surface area contributed by atoms with E-state index in [2.05, 4.69) is 10.4 Å². The van der Waals surface area contributed by atoms with Crippen molar-refractivity contribution in [1.29, 1.82) is 0 Å². The molecule has 7 heteroatoms. The maximum absolute atomic E-state index is 11.5. The molecule has 0 saturated heterocycles. The largest absolute Gasteiger partial charge is 0.481 e. The highest BCUT2D eigenvalue weighted by Crippen LogP contribution is 1.97. The number of carbonyl (C=O) groups excluding carboxylic acids is 1. The molecule has 1 rings (SSSR count). The van der Waals surface area contributed by atoms with Crippen molar-refractivity contribution in [2.45, 2.75) is 25.4 Å². The Kier molecular flexibility index (Phi) is 4.65. The second-order valence-electron chi connectivity index (χ2n) is 3.74. The summed E-state index contributed by atoms with van der Waals surface area (Å²) in [6, 6.07) is 0.984. The van der Waals surface area contributed by atoms with Crippen molar-refractivity contribution in [1.82, 2.24) is 15.1 Å². The van der Waals surface area contributed by atoms with E-state index in [1.165, 1.54) is 0 Å². The Morgan fingerprint density at radius 2 is 2.35 bits per heavy atom. The normalized spacial score (nSPS) is 12.1. The van der Waals surface area contributed by atoms with Crippen LogP contribution in [0.3, 0.4) is 0 Å². The summed E-state index contributed by atoms with van der Waals surface area (Å²) in [5, 5.41) is 15.1. The predicted molar refractivity (Wildman–Crippen MR) is 59.9 cm³/mol. The molecule has 7 nitrogen and oxygen atoms in total. The van der Waals surface area contributed by atoms with Crippen LogP contribution < -0.4 is 11.1 Å². The summed E-state index contributed by atoms with van der Waals surface area (Å²) in [7, 11) is 1.78. The number of hydrogen-bond acceptors (Lipinski definition) is 4. The highest BCUT2D eigenvalue weighted by atomic mass is 16.4. The van der Waals surface area contributed by atoms with Crippen LogP contribution in [0.1, 0.15) is 18.5 Å². The van der Waals surface area contributed by atoms with Crippen LogP contribution in [0.4, 0.5) is 0 Å². The first-order valence-electron chi connectivity index (χ1n) is 5.22. The van der Waals surface area contributed by atoms with Crippen molar-refractivity contribution < 1.29 is 14.7 Å². The van der Waals surface area contributed by atoms with Crippen LogP contribution >= 0.6 is 0 Å². The van der Waals surface area contributed by atoms with E-state index >= 15 is 0 Å². The molecule has 0 fully saturated rings. The molecule has 0 aliphatic heterocycles. The number of aryl methyl sites for hydroxylation is 1. The van der Waals surface area contributed by atoms with Gasteiger partial charge in [-0.2, -0.15) is 5.10 Å². The highest BCUT2D eigenvalue weighted by molar-refractivity contribution is 5.82. The molecule has 0 saturated carbocycles. The van der Waals surface area contributed by atoms with Crippen molar-refractivity contribution in [2.75, 3.05) is 0 Å². The van der Waals surface area contributed by atoms with E-state index in [0.717, 1.165) is 5.69 Å². The fourth-order valence-corrected chi connectivity index (χ4v) is 1.28.